The Morgan fingerprint density at radius 3 is 2.26 bits per heavy atom. The lowest BCUT2D eigenvalue weighted by molar-refractivity contribution is -0.144. The number of rotatable bonds is 12. The molecule has 0 spiro atoms. The third kappa shape index (κ3) is 6.90. The second-order valence-electron chi connectivity index (χ2n) is 9.17. The fourth-order valence-electron chi connectivity index (χ4n) is 5.75. The molecule has 0 radical (unpaired) electrons. The predicted octanol–water partition coefficient (Wildman–Crippen LogP) is 1.10. The maximum atomic E-state index is 12.5. The number of phosphoric acid groups is 1. The third-order valence-electron chi connectivity index (χ3n) is 6.47. The highest BCUT2D eigenvalue weighted by molar-refractivity contribution is 7.48. The molecule has 4 aliphatic carbocycles. The molecule has 0 amide bonds. The van der Waals surface area contributed by atoms with Crippen LogP contribution in [0.15, 0.2) is 4.99 Å². The minimum absolute atomic E-state index is 0.0184. The Morgan fingerprint density at radius 1 is 1.16 bits per heavy atom. The molecular formula is C19H33N4O7P. The number of nitrogens with zero attached hydrogens (tertiary/aromatic N) is 1. The second kappa shape index (κ2) is 9.85. The van der Waals surface area contributed by atoms with Gasteiger partial charge in [0.15, 0.2) is 5.96 Å². The van der Waals surface area contributed by atoms with Crippen LogP contribution in [0.4, 0.5) is 0 Å². The Labute approximate surface area is 181 Å². The molecule has 4 fully saturated rings. The van der Waals surface area contributed by atoms with Gasteiger partial charge in [-0.15, -0.1) is 0 Å². The van der Waals surface area contributed by atoms with Gasteiger partial charge in [-0.2, -0.15) is 0 Å². The molecule has 0 aromatic carbocycles. The number of nitrogens with two attached hydrogens (primary N) is 2. The van der Waals surface area contributed by atoms with E-state index in [0.29, 0.717) is 30.7 Å². The lowest BCUT2D eigenvalue weighted by Crippen LogP contribution is -2.51. The van der Waals surface area contributed by atoms with Gasteiger partial charge in [-0.3, -0.25) is 24.0 Å². The summed E-state index contributed by atoms with van der Waals surface area (Å²) in [4.78, 5) is 37.3. The number of hydrogen-bond acceptors (Lipinski definition) is 7. The summed E-state index contributed by atoms with van der Waals surface area (Å²) in [7, 11) is -4.54. The van der Waals surface area contributed by atoms with Crippen LogP contribution in [-0.4, -0.2) is 52.6 Å². The van der Waals surface area contributed by atoms with E-state index in [-0.39, 0.29) is 25.3 Å². The van der Waals surface area contributed by atoms with Crippen molar-refractivity contribution in [3.05, 3.63) is 0 Å². The van der Waals surface area contributed by atoms with Crippen LogP contribution in [0, 0.1) is 17.8 Å². The van der Waals surface area contributed by atoms with Crippen molar-refractivity contribution in [1.82, 2.24) is 5.32 Å². The molecule has 31 heavy (non-hydrogen) atoms. The van der Waals surface area contributed by atoms with Crippen LogP contribution < -0.4 is 16.8 Å². The molecule has 176 valence electrons. The molecule has 1 unspecified atom stereocenters. The van der Waals surface area contributed by atoms with Gasteiger partial charge in [-0.05, 0) is 69.1 Å². The van der Waals surface area contributed by atoms with Crippen molar-refractivity contribution in [1.29, 1.82) is 0 Å². The van der Waals surface area contributed by atoms with E-state index in [0.717, 1.165) is 38.5 Å². The zero-order valence-electron chi connectivity index (χ0n) is 17.6. The topological polar surface area (TPSA) is 187 Å². The van der Waals surface area contributed by atoms with E-state index in [4.69, 9.17) is 20.5 Å². The first-order chi connectivity index (χ1) is 14.6. The van der Waals surface area contributed by atoms with Crippen LogP contribution in [0.3, 0.4) is 0 Å². The number of guanidine groups is 1. The molecule has 4 rings (SSSR count). The molecule has 0 heterocycles. The quantitative estimate of drug-likeness (QED) is 0.122. The van der Waals surface area contributed by atoms with Crippen molar-refractivity contribution in [2.45, 2.75) is 69.4 Å². The van der Waals surface area contributed by atoms with Gasteiger partial charge in [0.05, 0.1) is 12.0 Å². The molecule has 0 aromatic rings. The van der Waals surface area contributed by atoms with Gasteiger partial charge in [0.2, 0.25) is 0 Å². The summed E-state index contributed by atoms with van der Waals surface area (Å²) >= 11 is 0. The molecule has 0 aliphatic heterocycles. The Morgan fingerprint density at radius 2 is 1.74 bits per heavy atom. The maximum absolute atomic E-state index is 12.5. The normalized spacial score (nSPS) is 31.6. The minimum Gasteiger partial charge on any atom is -0.480 e. The highest BCUT2D eigenvalue weighted by atomic mass is 31.2. The van der Waals surface area contributed by atoms with Gasteiger partial charge >= 0.3 is 19.8 Å². The summed E-state index contributed by atoms with van der Waals surface area (Å²) in [6, 6.07) is -0.897. The number of hydrogen-bond donors (Lipinski definition) is 5. The van der Waals surface area contributed by atoms with Gasteiger partial charge in [0.1, 0.15) is 6.04 Å². The van der Waals surface area contributed by atoms with Crippen molar-refractivity contribution >= 4 is 25.7 Å². The lowest BCUT2D eigenvalue weighted by Gasteiger charge is -2.55. The van der Waals surface area contributed by atoms with Gasteiger partial charge in [-0.1, -0.05) is 0 Å². The number of carboxylic acids is 1. The van der Waals surface area contributed by atoms with Crippen LogP contribution in [0.2, 0.25) is 0 Å². The first-order valence-electron chi connectivity index (χ1n) is 10.8. The lowest BCUT2D eigenvalue weighted by atomic mass is 9.54. The Hall–Kier alpha value is -1.68. The van der Waals surface area contributed by atoms with E-state index in [1.54, 1.807) is 0 Å². The fraction of sp³-hybridized carbons (Fsp3) is 0.842. The summed E-state index contributed by atoms with van der Waals surface area (Å²) in [5.74, 6) is -0.487. The molecule has 12 heteroatoms. The summed E-state index contributed by atoms with van der Waals surface area (Å²) in [5.41, 5.74) is 9.77. The molecule has 7 N–H and O–H groups in total. The van der Waals surface area contributed by atoms with E-state index in [1.165, 1.54) is 0 Å². The zero-order chi connectivity index (χ0) is 22.6. The van der Waals surface area contributed by atoms with Gasteiger partial charge in [-0.25, -0.2) is 4.57 Å². The number of phosphoric ester groups is 1. The number of nitrogens with one attached hydrogen (secondary N) is 1. The molecule has 2 atom stereocenters. The molecule has 4 aliphatic rings. The van der Waals surface area contributed by atoms with Crippen LogP contribution >= 0.6 is 7.82 Å². The van der Waals surface area contributed by atoms with Crippen molar-refractivity contribution in [2.24, 2.45) is 34.2 Å². The zero-order valence-corrected chi connectivity index (χ0v) is 18.5. The van der Waals surface area contributed by atoms with Crippen LogP contribution in [0.25, 0.3) is 0 Å². The monoisotopic (exact) mass is 460 g/mol. The third-order valence-corrected chi connectivity index (χ3v) is 7.52. The number of carbonyl (C=O) groups is 2. The Balaban J connectivity index is 1.41. The summed E-state index contributed by atoms with van der Waals surface area (Å²) < 4.78 is 22.8. The van der Waals surface area contributed by atoms with Crippen LogP contribution in [-0.2, 0) is 23.2 Å². The van der Waals surface area contributed by atoms with Crippen molar-refractivity contribution in [2.75, 3.05) is 13.1 Å². The molecule has 4 bridgehead atoms. The van der Waals surface area contributed by atoms with Crippen molar-refractivity contribution in [3.63, 3.8) is 0 Å². The van der Waals surface area contributed by atoms with E-state index in [9.17, 15) is 24.2 Å². The summed E-state index contributed by atoms with van der Waals surface area (Å²) in [6.07, 6.45) is 6.12. The predicted molar refractivity (Wildman–Crippen MR) is 112 cm³/mol. The molecule has 11 nitrogen and oxygen atoms in total. The van der Waals surface area contributed by atoms with Gasteiger partial charge in [0, 0.05) is 13.1 Å². The highest BCUT2D eigenvalue weighted by Gasteiger charge is 2.54. The molecule has 4 saturated carbocycles. The average molecular weight is 460 g/mol. The summed E-state index contributed by atoms with van der Waals surface area (Å²) in [5, 5.41) is 12.0. The molecule has 0 saturated heterocycles. The van der Waals surface area contributed by atoms with E-state index in [2.05, 4.69) is 10.3 Å². The van der Waals surface area contributed by atoms with Crippen LogP contribution in [0.5, 0.6) is 0 Å². The smallest absolute Gasteiger partial charge is 0.480 e. The molecule has 0 aromatic heterocycles. The average Bonchev–Trinajstić information content (AvgIpc) is 2.60. The minimum atomic E-state index is -4.54. The number of aliphatic imine (C=N–C) groups is 1. The Bertz CT molecular complexity index is 720. The van der Waals surface area contributed by atoms with Crippen molar-refractivity contribution in [3.8, 4) is 0 Å². The van der Waals surface area contributed by atoms with E-state index >= 15 is 0 Å². The largest absolute Gasteiger partial charge is 0.530 e. The maximum Gasteiger partial charge on any atom is 0.530 e. The Kier molecular flexibility index (Phi) is 7.62. The fourth-order valence-corrected chi connectivity index (χ4v) is 6.84. The van der Waals surface area contributed by atoms with E-state index in [1.807, 2.05) is 0 Å². The van der Waals surface area contributed by atoms with Gasteiger partial charge < -0.3 is 26.4 Å². The first-order valence-corrected chi connectivity index (χ1v) is 12.3. The summed E-state index contributed by atoms with van der Waals surface area (Å²) in [6.45, 7) is 0.278. The highest BCUT2D eigenvalue weighted by Crippen LogP contribution is 2.62. The standard InChI is InChI=1S/C19H33N4O7P/c20-18(21)23-4-1-2-15(17(25)26)22-5-3-16(24)29-31(27,28)30-19-9-12-6-13(10-19)8-14(7-12)11-19/h12-15,22H,1-11H2,(H,25,26)(H,27,28)(H4,20,21,23)/t12?,13?,14?,15-,19?/m0/s1. The first kappa shape index (κ1) is 24.0. The van der Waals surface area contributed by atoms with Crippen LogP contribution in [0.1, 0.15) is 57.8 Å². The number of carbonyl (C=O) groups excluding carboxylic acids is 1. The van der Waals surface area contributed by atoms with Crippen molar-refractivity contribution < 1.29 is 33.2 Å². The molecular weight excluding hydrogens is 427 g/mol. The van der Waals surface area contributed by atoms with E-state index < -0.39 is 31.4 Å². The second-order valence-corrected chi connectivity index (χ2v) is 10.5. The SMILES string of the molecule is NC(N)=NCCC[C@H](NCCC(=O)OP(=O)(O)OC12CC3CC(CC(C3)C1)C2)C(=O)O. The van der Waals surface area contributed by atoms with Gasteiger partial charge in [0.25, 0.3) is 0 Å². The number of aliphatic carboxylic acids is 1. The number of carboxylic acid groups (broad SMARTS) is 1.